The number of nitrogens with zero attached hydrogens (tertiary/aromatic N) is 3. The molecule has 0 aromatic heterocycles. The molecule has 0 aliphatic carbocycles. The summed E-state index contributed by atoms with van der Waals surface area (Å²) in [6.45, 7) is 6.53. The molecule has 240 valence electrons. The third-order valence-electron chi connectivity index (χ3n) is 7.22. The number of benzene rings is 2. The van der Waals surface area contributed by atoms with E-state index in [0.29, 0.717) is 30.7 Å². The van der Waals surface area contributed by atoms with Gasteiger partial charge in [-0.1, -0.05) is 36.4 Å². The molecule has 4 amide bonds. The minimum Gasteiger partial charge on any atom is -0.508 e. The van der Waals surface area contributed by atoms with Crippen molar-refractivity contribution < 1.29 is 34.1 Å². The van der Waals surface area contributed by atoms with E-state index < -0.39 is 48.1 Å². The lowest BCUT2D eigenvalue weighted by molar-refractivity contribution is -0.170. The smallest absolute Gasteiger partial charge is 0.410 e. The lowest BCUT2D eigenvalue weighted by Crippen LogP contribution is -2.60. The Morgan fingerprint density at radius 3 is 2.43 bits per heavy atom. The summed E-state index contributed by atoms with van der Waals surface area (Å²) in [7, 11) is 0. The Balaban J connectivity index is 1.99. The van der Waals surface area contributed by atoms with E-state index in [-0.39, 0.29) is 30.8 Å². The summed E-state index contributed by atoms with van der Waals surface area (Å²) < 4.78 is 5.55. The fraction of sp³-hybridized carbons (Fsp3) is 0.500. The van der Waals surface area contributed by atoms with Gasteiger partial charge in [0.15, 0.2) is 0 Å². The van der Waals surface area contributed by atoms with Gasteiger partial charge in [0.2, 0.25) is 0 Å². The maximum atomic E-state index is 14.4. The minimum atomic E-state index is -1.03. The van der Waals surface area contributed by atoms with E-state index in [2.05, 4.69) is 5.32 Å². The Labute approximate surface area is 263 Å². The maximum absolute atomic E-state index is 14.4. The second kappa shape index (κ2) is 15.8. The topological polar surface area (TPSA) is 140 Å². The van der Waals surface area contributed by atoms with E-state index in [9.17, 15) is 29.4 Å². The van der Waals surface area contributed by atoms with Crippen LogP contribution in [-0.4, -0.2) is 98.3 Å². The number of aliphatic hydroxyl groups is 1. The number of nitrogens with one attached hydrogen (secondary N) is 1. The number of thioether (sulfide) groups is 1. The molecule has 2 aromatic rings. The van der Waals surface area contributed by atoms with Crippen LogP contribution in [0, 0.1) is 6.92 Å². The summed E-state index contributed by atoms with van der Waals surface area (Å²) in [4.78, 5) is 56.3. The highest BCUT2D eigenvalue weighted by atomic mass is 32.2. The number of phenolic OH excluding ortho intramolecular Hbond substituents is 1. The molecular weight excluding hydrogens is 584 g/mol. The van der Waals surface area contributed by atoms with Gasteiger partial charge in [0.1, 0.15) is 23.4 Å². The number of hydrogen-bond acceptors (Lipinski definition) is 8. The Morgan fingerprint density at radius 2 is 1.80 bits per heavy atom. The molecule has 0 radical (unpaired) electrons. The number of hydrazine groups is 1. The predicted octanol–water partition coefficient (Wildman–Crippen LogP) is 3.72. The number of rotatable bonds is 11. The molecular formula is C32H44N4O7S. The fourth-order valence-corrected chi connectivity index (χ4v) is 5.47. The number of carbonyl (C=O) groups is 4. The molecule has 1 heterocycles. The van der Waals surface area contributed by atoms with Crippen LogP contribution in [0.25, 0.3) is 0 Å². The second-order valence-electron chi connectivity index (χ2n) is 11.7. The van der Waals surface area contributed by atoms with E-state index >= 15 is 0 Å². The zero-order valence-electron chi connectivity index (χ0n) is 26.1. The first-order valence-electron chi connectivity index (χ1n) is 14.7. The van der Waals surface area contributed by atoms with E-state index in [0.717, 1.165) is 5.56 Å². The molecule has 2 atom stereocenters. The standard InChI is InChI=1S/C32H44N4O7S/c1-22-24(13-9-15-27(22)38)28(39)33-25(16-20-44-5)29(40)36(21-23-11-7-6-8-12-23)35(18-19-37)30(41)26-14-10-17-34(26)31(42)43-32(2,3)4/h6-9,11-13,15,25-26,37-38H,10,14,16-21H2,1-5H3,(H,33,39)/t25-,26-/m0/s1. The lowest BCUT2D eigenvalue weighted by Gasteiger charge is -2.39. The van der Waals surface area contributed by atoms with Crippen LogP contribution in [0.5, 0.6) is 5.75 Å². The van der Waals surface area contributed by atoms with Gasteiger partial charge in [-0.25, -0.2) is 14.8 Å². The number of aromatic hydroxyl groups is 1. The van der Waals surface area contributed by atoms with Crippen molar-refractivity contribution in [3.8, 4) is 5.75 Å². The highest BCUT2D eigenvalue weighted by Crippen LogP contribution is 2.25. The Morgan fingerprint density at radius 1 is 1.09 bits per heavy atom. The van der Waals surface area contributed by atoms with Gasteiger partial charge >= 0.3 is 6.09 Å². The summed E-state index contributed by atoms with van der Waals surface area (Å²) in [6.07, 6.45) is 2.48. The Kier molecular flexibility index (Phi) is 12.5. The van der Waals surface area contributed by atoms with Crippen LogP contribution < -0.4 is 5.32 Å². The Hall–Kier alpha value is -3.77. The molecule has 0 saturated carbocycles. The molecule has 0 bridgehead atoms. The van der Waals surface area contributed by atoms with Crippen molar-refractivity contribution >= 4 is 35.6 Å². The maximum Gasteiger partial charge on any atom is 0.410 e. The van der Waals surface area contributed by atoms with Gasteiger partial charge < -0.3 is 20.3 Å². The number of carbonyl (C=O) groups excluding carboxylic acids is 4. The number of likely N-dealkylation sites (tertiary alicyclic amines) is 1. The molecule has 12 heteroatoms. The highest BCUT2D eigenvalue weighted by molar-refractivity contribution is 7.98. The third kappa shape index (κ3) is 9.12. The molecule has 2 aromatic carbocycles. The van der Waals surface area contributed by atoms with Gasteiger partial charge in [0, 0.05) is 17.7 Å². The number of ether oxygens (including phenoxy) is 1. The molecule has 44 heavy (non-hydrogen) atoms. The summed E-state index contributed by atoms with van der Waals surface area (Å²) in [6, 6.07) is 11.8. The van der Waals surface area contributed by atoms with Crippen molar-refractivity contribution in [2.75, 3.05) is 31.7 Å². The average molecular weight is 629 g/mol. The molecule has 1 saturated heterocycles. The quantitative estimate of drug-likeness (QED) is 0.320. The van der Waals surface area contributed by atoms with Crippen molar-refractivity contribution in [3.05, 3.63) is 65.2 Å². The fourth-order valence-electron chi connectivity index (χ4n) is 5.00. The zero-order chi connectivity index (χ0) is 32.4. The van der Waals surface area contributed by atoms with E-state index in [1.54, 1.807) is 39.8 Å². The van der Waals surface area contributed by atoms with Crippen molar-refractivity contribution in [1.82, 2.24) is 20.2 Å². The summed E-state index contributed by atoms with van der Waals surface area (Å²) in [5.74, 6) is -1.11. The number of hydrogen-bond donors (Lipinski definition) is 3. The Bertz CT molecular complexity index is 1300. The molecule has 3 rings (SSSR count). The normalized spacial score (nSPS) is 15.4. The molecule has 11 nitrogen and oxygen atoms in total. The van der Waals surface area contributed by atoms with E-state index in [1.165, 1.54) is 32.7 Å². The third-order valence-corrected chi connectivity index (χ3v) is 7.86. The zero-order valence-corrected chi connectivity index (χ0v) is 26.9. The van der Waals surface area contributed by atoms with Crippen LogP contribution in [0.3, 0.4) is 0 Å². The van der Waals surface area contributed by atoms with Gasteiger partial charge in [0.25, 0.3) is 17.7 Å². The van der Waals surface area contributed by atoms with E-state index in [4.69, 9.17) is 4.74 Å². The molecule has 1 aliphatic heterocycles. The number of amides is 4. The highest BCUT2D eigenvalue weighted by Gasteiger charge is 2.42. The number of aliphatic hydroxyl groups excluding tert-OH is 1. The van der Waals surface area contributed by atoms with Crippen molar-refractivity contribution in [2.45, 2.75) is 71.2 Å². The second-order valence-corrected chi connectivity index (χ2v) is 12.6. The van der Waals surface area contributed by atoms with Gasteiger partial charge in [-0.2, -0.15) is 11.8 Å². The minimum absolute atomic E-state index is 0.0125. The predicted molar refractivity (Wildman–Crippen MR) is 169 cm³/mol. The molecule has 0 unspecified atom stereocenters. The first kappa shape index (κ1) is 34.7. The lowest BCUT2D eigenvalue weighted by atomic mass is 10.1. The van der Waals surface area contributed by atoms with Crippen LogP contribution in [0.2, 0.25) is 0 Å². The van der Waals surface area contributed by atoms with Gasteiger partial charge in [-0.05, 0) is 76.7 Å². The average Bonchev–Trinajstić information content (AvgIpc) is 3.48. The van der Waals surface area contributed by atoms with Crippen molar-refractivity contribution in [2.24, 2.45) is 0 Å². The molecule has 1 fully saturated rings. The van der Waals surface area contributed by atoms with Crippen LogP contribution in [0.15, 0.2) is 48.5 Å². The monoisotopic (exact) mass is 628 g/mol. The first-order valence-corrected chi connectivity index (χ1v) is 16.1. The SMILES string of the molecule is CSCC[C@H](NC(=O)c1cccc(O)c1C)C(=O)N(Cc1ccccc1)N(CCO)C(=O)[C@@H]1CCCN1C(=O)OC(C)(C)C. The van der Waals surface area contributed by atoms with Gasteiger partial charge in [-0.15, -0.1) is 0 Å². The summed E-state index contributed by atoms with van der Waals surface area (Å²) in [5, 5.41) is 25.5. The molecule has 0 spiro atoms. The largest absolute Gasteiger partial charge is 0.508 e. The van der Waals surface area contributed by atoms with Crippen LogP contribution in [0.4, 0.5) is 4.79 Å². The van der Waals surface area contributed by atoms with Crippen molar-refractivity contribution in [3.63, 3.8) is 0 Å². The molecule has 1 aliphatic rings. The van der Waals surface area contributed by atoms with Crippen molar-refractivity contribution in [1.29, 1.82) is 0 Å². The summed E-state index contributed by atoms with van der Waals surface area (Å²) in [5.41, 5.74) is 0.571. The van der Waals surface area contributed by atoms with Crippen LogP contribution in [0.1, 0.15) is 61.5 Å². The van der Waals surface area contributed by atoms with Crippen LogP contribution in [-0.2, 0) is 20.9 Å². The molecule has 3 N–H and O–H groups in total. The van der Waals surface area contributed by atoms with Gasteiger partial charge in [-0.3, -0.25) is 19.3 Å². The summed E-state index contributed by atoms with van der Waals surface area (Å²) >= 11 is 1.50. The van der Waals surface area contributed by atoms with Crippen LogP contribution >= 0.6 is 11.8 Å². The van der Waals surface area contributed by atoms with E-state index in [1.807, 2.05) is 36.6 Å². The number of phenols is 1. The van der Waals surface area contributed by atoms with Gasteiger partial charge in [0.05, 0.1) is 19.7 Å². The first-order chi connectivity index (χ1) is 20.9.